The van der Waals surface area contributed by atoms with E-state index in [-0.39, 0.29) is 0 Å². The van der Waals surface area contributed by atoms with Crippen LogP contribution in [0.1, 0.15) is 44.1 Å². The van der Waals surface area contributed by atoms with Crippen molar-refractivity contribution < 1.29 is 4.74 Å². The van der Waals surface area contributed by atoms with Gasteiger partial charge in [-0.3, -0.25) is 9.58 Å². The molecule has 1 aliphatic heterocycles. The first-order valence-electron chi connectivity index (χ1n) is 9.52. The van der Waals surface area contributed by atoms with Gasteiger partial charge in [-0.15, -0.1) is 0 Å². The van der Waals surface area contributed by atoms with E-state index in [0.29, 0.717) is 6.04 Å². The van der Waals surface area contributed by atoms with Gasteiger partial charge in [0.1, 0.15) is 0 Å². The molecular formula is C19H31N5O. The summed E-state index contributed by atoms with van der Waals surface area (Å²) in [6.45, 7) is 14.5. The van der Waals surface area contributed by atoms with Crippen LogP contribution in [0.5, 0.6) is 0 Å². The van der Waals surface area contributed by atoms with Gasteiger partial charge in [0.2, 0.25) is 0 Å². The second kappa shape index (κ2) is 8.15. The number of nitrogens with zero attached hydrogens (tertiary/aromatic N) is 5. The fourth-order valence-corrected chi connectivity index (χ4v) is 3.78. The van der Waals surface area contributed by atoms with Crippen molar-refractivity contribution in [3.8, 4) is 11.3 Å². The summed E-state index contributed by atoms with van der Waals surface area (Å²) in [7, 11) is 0. The van der Waals surface area contributed by atoms with Crippen LogP contribution in [0.2, 0.25) is 0 Å². The minimum Gasteiger partial charge on any atom is -0.379 e. The Balaban J connectivity index is 1.88. The molecular weight excluding hydrogens is 314 g/mol. The molecule has 3 rings (SSSR count). The van der Waals surface area contributed by atoms with Crippen molar-refractivity contribution in [1.29, 1.82) is 0 Å². The minimum atomic E-state index is 0.420. The van der Waals surface area contributed by atoms with E-state index >= 15 is 0 Å². The molecule has 0 unspecified atom stereocenters. The van der Waals surface area contributed by atoms with Crippen LogP contribution in [0.25, 0.3) is 11.3 Å². The highest BCUT2D eigenvalue weighted by Gasteiger charge is 2.22. The lowest BCUT2D eigenvalue weighted by Gasteiger charge is -2.31. The zero-order valence-corrected chi connectivity index (χ0v) is 16.0. The number of rotatable bonds is 7. The maximum Gasteiger partial charge on any atom is 0.0954 e. The first-order valence-corrected chi connectivity index (χ1v) is 9.52. The zero-order chi connectivity index (χ0) is 17.8. The van der Waals surface area contributed by atoms with E-state index in [0.717, 1.165) is 57.9 Å². The second-order valence-electron chi connectivity index (χ2n) is 6.93. The number of imidazole rings is 1. The zero-order valence-electron chi connectivity index (χ0n) is 16.0. The molecule has 0 aromatic carbocycles. The molecule has 0 saturated carbocycles. The lowest BCUT2D eigenvalue weighted by molar-refractivity contribution is 0.0313. The predicted octanol–water partition coefficient (Wildman–Crippen LogP) is 3.06. The van der Waals surface area contributed by atoms with E-state index in [1.54, 1.807) is 0 Å². The van der Waals surface area contributed by atoms with E-state index in [4.69, 9.17) is 9.84 Å². The summed E-state index contributed by atoms with van der Waals surface area (Å²) >= 11 is 0. The van der Waals surface area contributed by atoms with Crippen molar-refractivity contribution in [1.82, 2.24) is 24.2 Å². The van der Waals surface area contributed by atoms with Crippen molar-refractivity contribution in [3.63, 3.8) is 0 Å². The third-order valence-electron chi connectivity index (χ3n) is 5.18. The maximum atomic E-state index is 5.48. The molecule has 6 heteroatoms. The molecule has 0 aliphatic carbocycles. The summed E-state index contributed by atoms with van der Waals surface area (Å²) in [5.41, 5.74) is 4.76. The van der Waals surface area contributed by atoms with Gasteiger partial charge in [0.25, 0.3) is 0 Å². The van der Waals surface area contributed by atoms with Crippen LogP contribution in [-0.4, -0.2) is 57.1 Å². The molecule has 0 spiro atoms. The molecule has 138 valence electrons. The molecule has 0 N–H and O–H groups in total. The molecule has 6 nitrogen and oxygen atoms in total. The van der Waals surface area contributed by atoms with Crippen molar-refractivity contribution in [2.75, 3.05) is 32.8 Å². The van der Waals surface area contributed by atoms with Crippen LogP contribution in [0, 0.1) is 13.8 Å². The topological polar surface area (TPSA) is 48.1 Å². The lowest BCUT2D eigenvalue weighted by Crippen LogP contribution is -2.39. The number of ether oxygens (including phenoxy) is 1. The average molecular weight is 345 g/mol. The second-order valence-corrected chi connectivity index (χ2v) is 6.93. The molecule has 1 atom stereocenters. The fraction of sp³-hybridized carbons (Fsp3) is 0.684. The Labute approximate surface area is 150 Å². The lowest BCUT2D eigenvalue weighted by atomic mass is 10.1. The van der Waals surface area contributed by atoms with Crippen LogP contribution in [0.4, 0.5) is 0 Å². The minimum absolute atomic E-state index is 0.420. The Bertz CT molecular complexity index is 684. The highest BCUT2D eigenvalue weighted by atomic mass is 16.5. The predicted molar refractivity (Wildman–Crippen MR) is 99.8 cm³/mol. The van der Waals surface area contributed by atoms with Crippen molar-refractivity contribution in [3.05, 3.63) is 23.9 Å². The van der Waals surface area contributed by atoms with Gasteiger partial charge in [0, 0.05) is 43.5 Å². The van der Waals surface area contributed by atoms with E-state index in [1.165, 1.54) is 17.0 Å². The molecule has 0 bridgehead atoms. The summed E-state index contributed by atoms with van der Waals surface area (Å²) in [5, 5.41) is 4.75. The van der Waals surface area contributed by atoms with Crippen LogP contribution in [-0.2, 0) is 11.3 Å². The van der Waals surface area contributed by atoms with Gasteiger partial charge in [-0.2, -0.15) is 5.10 Å². The molecule has 0 amide bonds. The molecule has 2 aromatic heterocycles. The molecule has 1 fully saturated rings. The smallest absolute Gasteiger partial charge is 0.0954 e. The van der Waals surface area contributed by atoms with E-state index < -0.39 is 0 Å². The molecule has 1 saturated heterocycles. The highest BCUT2D eigenvalue weighted by Crippen LogP contribution is 2.30. The SMILES string of the molecule is CCCn1nc(C)c(-c2cncn2[C@@H](CC)CN2CCOCC2)c1C. The maximum absolute atomic E-state index is 5.48. The Kier molecular flexibility index (Phi) is 5.91. The van der Waals surface area contributed by atoms with Gasteiger partial charge >= 0.3 is 0 Å². The highest BCUT2D eigenvalue weighted by molar-refractivity contribution is 5.65. The Morgan fingerprint density at radius 1 is 1.20 bits per heavy atom. The summed E-state index contributed by atoms with van der Waals surface area (Å²) in [5.74, 6) is 0. The average Bonchev–Trinajstić information content (AvgIpc) is 3.19. The van der Waals surface area contributed by atoms with Gasteiger partial charge in [-0.1, -0.05) is 13.8 Å². The first kappa shape index (κ1) is 18.1. The van der Waals surface area contributed by atoms with Crippen molar-refractivity contribution in [2.24, 2.45) is 0 Å². The van der Waals surface area contributed by atoms with Crippen LogP contribution in [0.3, 0.4) is 0 Å². The third-order valence-corrected chi connectivity index (χ3v) is 5.18. The van der Waals surface area contributed by atoms with Gasteiger partial charge in [-0.25, -0.2) is 4.98 Å². The Morgan fingerprint density at radius 3 is 2.64 bits per heavy atom. The van der Waals surface area contributed by atoms with Gasteiger partial charge < -0.3 is 9.30 Å². The quantitative estimate of drug-likeness (QED) is 0.774. The summed E-state index contributed by atoms with van der Waals surface area (Å²) in [6, 6.07) is 0.420. The summed E-state index contributed by atoms with van der Waals surface area (Å²) in [6.07, 6.45) is 6.16. The fourth-order valence-electron chi connectivity index (χ4n) is 3.78. The summed E-state index contributed by atoms with van der Waals surface area (Å²) < 4.78 is 9.96. The number of hydrogen-bond acceptors (Lipinski definition) is 4. The van der Waals surface area contributed by atoms with Crippen molar-refractivity contribution in [2.45, 2.75) is 53.1 Å². The van der Waals surface area contributed by atoms with Gasteiger partial charge in [0.05, 0.1) is 37.1 Å². The Morgan fingerprint density at radius 2 is 1.96 bits per heavy atom. The molecule has 3 heterocycles. The third kappa shape index (κ3) is 3.80. The standard InChI is InChI=1S/C19H31N5O/c1-5-7-24-16(4)19(15(3)21-24)18-12-20-14-23(18)17(6-2)13-22-8-10-25-11-9-22/h12,14,17H,5-11,13H2,1-4H3/t17-/m0/s1. The number of hydrogen-bond donors (Lipinski definition) is 0. The Hall–Kier alpha value is -1.66. The van der Waals surface area contributed by atoms with E-state index in [2.05, 4.69) is 46.8 Å². The van der Waals surface area contributed by atoms with Crippen LogP contribution < -0.4 is 0 Å². The largest absolute Gasteiger partial charge is 0.379 e. The van der Waals surface area contributed by atoms with Gasteiger partial charge in [-0.05, 0) is 26.7 Å². The normalized spacial score (nSPS) is 17.1. The monoisotopic (exact) mass is 345 g/mol. The van der Waals surface area contributed by atoms with E-state index in [9.17, 15) is 0 Å². The molecule has 0 radical (unpaired) electrons. The first-order chi connectivity index (χ1) is 12.2. The number of aromatic nitrogens is 4. The van der Waals surface area contributed by atoms with E-state index in [1.807, 2.05) is 12.5 Å². The molecule has 1 aliphatic rings. The van der Waals surface area contributed by atoms with Crippen LogP contribution >= 0.6 is 0 Å². The molecule has 2 aromatic rings. The van der Waals surface area contributed by atoms with Crippen molar-refractivity contribution >= 4 is 0 Å². The molecule has 25 heavy (non-hydrogen) atoms. The number of morpholine rings is 1. The summed E-state index contributed by atoms with van der Waals surface area (Å²) in [4.78, 5) is 6.98. The van der Waals surface area contributed by atoms with Gasteiger partial charge in [0.15, 0.2) is 0 Å². The van der Waals surface area contributed by atoms with Crippen LogP contribution in [0.15, 0.2) is 12.5 Å². The number of aryl methyl sites for hydroxylation is 2.